The van der Waals surface area contributed by atoms with E-state index in [1.54, 1.807) is 11.3 Å². The van der Waals surface area contributed by atoms with E-state index in [-0.39, 0.29) is 6.10 Å². The van der Waals surface area contributed by atoms with Crippen molar-refractivity contribution in [2.75, 3.05) is 18.0 Å². The molecule has 78 valence electrons. The van der Waals surface area contributed by atoms with Gasteiger partial charge in [0.1, 0.15) is 0 Å². The lowest BCUT2D eigenvalue weighted by Gasteiger charge is -2.13. The summed E-state index contributed by atoms with van der Waals surface area (Å²) in [5.41, 5.74) is 1.07. The second-order valence-electron chi connectivity index (χ2n) is 3.91. The molecule has 3 nitrogen and oxygen atoms in total. The minimum absolute atomic E-state index is 0.177. The van der Waals surface area contributed by atoms with Crippen molar-refractivity contribution in [3.63, 3.8) is 0 Å². The van der Waals surface area contributed by atoms with Gasteiger partial charge in [-0.25, -0.2) is 4.98 Å². The van der Waals surface area contributed by atoms with Gasteiger partial charge in [-0.3, -0.25) is 0 Å². The first-order valence-electron chi connectivity index (χ1n) is 5.06. The van der Waals surface area contributed by atoms with E-state index in [2.05, 4.69) is 22.2 Å². The first-order chi connectivity index (χ1) is 6.70. The van der Waals surface area contributed by atoms with E-state index in [1.807, 2.05) is 6.92 Å². The van der Waals surface area contributed by atoms with Crippen LogP contribution in [0.15, 0.2) is 5.38 Å². The van der Waals surface area contributed by atoms with Crippen molar-refractivity contribution in [3.05, 3.63) is 11.1 Å². The number of aliphatic hydroxyl groups is 1. The summed E-state index contributed by atoms with van der Waals surface area (Å²) in [5, 5.41) is 12.9. The number of hydrogen-bond donors (Lipinski definition) is 1. The molecule has 1 aromatic heterocycles. The molecule has 0 bridgehead atoms. The Kier molecular flexibility index (Phi) is 2.74. The summed E-state index contributed by atoms with van der Waals surface area (Å²) in [5.74, 6) is 0.416. The molecule has 1 aliphatic rings. The van der Waals surface area contributed by atoms with Crippen LogP contribution in [-0.4, -0.2) is 29.3 Å². The van der Waals surface area contributed by atoms with Gasteiger partial charge >= 0.3 is 0 Å². The first-order valence-corrected chi connectivity index (χ1v) is 5.93. The van der Waals surface area contributed by atoms with E-state index in [0.29, 0.717) is 5.92 Å². The Bertz CT molecular complexity index is 313. The van der Waals surface area contributed by atoms with Crippen LogP contribution in [0.5, 0.6) is 0 Å². The van der Waals surface area contributed by atoms with Crippen molar-refractivity contribution >= 4 is 16.5 Å². The largest absolute Gasteiger partial charge is 0.391 e. The van der Waals surface area contributed by atoms with Gasteiger partial charge in [0.05, 0.1) is 11.8 Å². The highest BCUT2D eigenvalue weighted by molar-refractivity contribution is 7.13. The summed E-state index contributed by atoms with van der Waals surface area (Å²) in [6.45, 7) is 5.82. The highest BCUT2D eigenvalue weighted by Gasteiger charge is 2.31. The maximum atomic E-state index is 9.76. The molecule has 1 aromatic rings. The van der Waals surface area contributed by atoms with Crippen LogP contribution in [0, 0.1) is 12.8 Å². The highest BCUT2D eigenvalue weighted by atomic mass is 32.1. The summed E-state index contributed by atoms with van der Waals surface area (Å²) < 4.78 is 0. The fourth-order valence-electron chi connectivity index (χ4n) is 1.90. The molecule has 0 saturated carbocycles. The average Bonchev–Trinajstić information content (AvgIpc) is 2.71. The van der Waals surface area contributed by atoms with Crippen LogP contribution in [-0.2, 0) is 0 Å². The molecule has 0 aromatic carbocycles. The van der Waals surface area contributed by atoms with E-state index >= 15 is 0 Å². The van der Waals surface area contributed by atoms with Gasteiger partial charge in [-0.2, -0.15) is 0 Å². The number of aromatic nitrogens is 1. The number of rotatable bonds is 2. The van der Waals surface area contributed by atoms with Crippen LogP contribution in [0.25, 0.3) is 0 Å². The smallest absolute Gasteiger partial charge is 0.185 e. The zero-order valence-corrected chi connectivity index (χ0v) is 9.42. The molecule has 2 atom stereocenters. The Morgan fingerprint density at radius 1 is 1.64 bits per heavy atom. The molecule has 2 heterocycles. The van der Waals surface area contributed by atoms with Gasteiger partial charge < -0.3 is 10.0 Å². The molecule has 1 fully saturated rings. The van der Waals surface area contributed by atoms with Crippen molar-refractivity contribution in [1.82, 2.24) is 4.98 Å². The van der Waals surface area contributed by atoms with Crippen molar-refractivity contribution in [1.29, 1.82) is 0 Å². The van der Waals surface area contributed by atoms with Crippen LogP contribution < -0.4 is 4.90 Å². The van der Waals surface area contributed by atoms with Gasteiger partial charge in [0.2, 0.25) is 0 Å². The number of aryl methyl sites for hydroxylation is 1. The predicted octanol–water partition coefficient (Wildman–Crippen LogP) is 1.66. The predicted molar refractivity (Wildman–Crippen MR) is 58.9 cm³/mol. The SMILES string of the molecule is CCC1CN(c2nc(C)cs2)CC1O. The quantitative estimate of drug-likeness (QED) is 0.810. The number of aliphatic hydroxyl groups excluding tert-OH is 1. The minimum atomic E-state index is -0.177. The number of anilines is 1. The van der Waals surface area contributed by atoms with Gasteiger partial charge in [-0.05, 0) is 13.3 Å². The summed E-state index contributed by atoms with van der Waals surface area (Å²) in [7, 11) is 0. The van der Waals surface area contributed by atoms with Crippen LogP contribution >= 0.6 is 11.3 Å². The van der Waals surface area contributed by atoms with Crippen molar-refractivity contribution < 1.29 is 5.11 Å². The maximum Gasteiger partial charge on any atom is 0.185 e. The van der Waals surface area contributed by atoms with E-state index in [9.17, 15) is 5.11 Å². The number of thiazole rings is 1. The fraction of sp³-hybridized carbons (Fsp3) is 0.700. The third kappa shape index (κ3) is 1.77. The molecule has 0 aliphatic carbocycles. The Labute approximate surface area is 88.4 Å². The van der Waals surface area contributed by atoms with Gasteiger partial charge in [0.15, 0.2) is 5.13 Å². The molecule has 1 aliphatic heterocycles. The number of β-amino-alcohol motifs (C(OH)–C–C–N with tert-alkyl or cyclic N) is 1. The van der Waals surface area contributed by atoms with Gasteiger partial charge in [-0.15, -0.1) is 11.3 Å². The van der Waals surface area contributed by atoms with Gasteiger partial charge in [-0.1, -0.05) is 6.92 Å². The van der Waals surface area contributed by atoms with E-state index in [0.717, 1.165) is 30.3 Å². The van der Waals surface area contributed by atoms with Crippen LogP contribution in [0.1, 0.15) is 19.0 Å². The average molecular weight is 212 g/mol. The molecule has 1 saturated heterocycles. The molecule has 0 spiro atoms. The van der Waals surface area contributed by atoms with E-state index in [4.69, 9.17) is 0 Å². The number of hydrogen-bond acceptors (Lipinski definition) is 4. The summed E-state index contributed by atoms with van der Waals surface area (Å²) in [6, 6.07) is 0. The van der Waals surface area contributed by atoms with Crippen molar-refractivity contribution in [3.8, 4) is 0 Å². The fourth-order valence-corrected chi connectivity index (χ4v) is 2.72. The molecule has 4 heteroatoms. The van der Waals surface area contributed by atoms with Crippen molar-refractivity contribution in [2.24, 2.45) is 5.92 Å². The second-order valence-corrected chi connectivity index (χ2v) is 4.75. The van der Waals surface area contributed by atoms with E-state index < -0.39 is 0 Å². The Balaban J connectivity index is 2.08. The van der Waals surface area contributed by atoms with Crippen LogP contribution in [0.3, 0.4) is 0 Å². The first kappa shape index (κ1) is 9.93. The second kappa shape index (κ2) is 3.87. The van der Waals surface area contributed by atoms with Crippen molar-refractivity contribution in [2.45, 2.75) is 26.4 Å². The lowest BCUT2D eigenvalue weighted by Crippen LogP contribution is -2.20. The zero-order valence-electron chi connectivity index (χ0n) is 8.60. The molecular weight excluding hydrogens is 196 g/mol. The topological polar surface area (TPSA) is 36.4 Å². The molecule has 1 N–H and O–H groups in total. The third-order valence-corrected chi connectivity index (χ3v) is 3.83. The third-order valence-electron chi connectivity index (χ3n) is 2.81. The molecule has 0 amide bonds. The summed E-state index contributed by atoms with van der Waals surface area (Å²) >= 11 is 1.67. The van der Waals surface area contributed by atoms with Gasteiger partial charge in [0.25, 0.3) is 0 Å². The molecule has 0 radical (unpaired) electrons. The Hall–Kier alpha value is -0.610. The van der Waals surface area contributed by atoms with E-state index in [1.165, 1.54) is 0 Å². The highest BCUT2D eigenvalue weighted by Crippen LogP contribution is 2.28. The molecule has 14 heavy (non-hydrogen) atoms. The minimum Gasteiger partial charge on any atom is -0.391 e. The molecular formula is C10H16N2OS. The van der Waals surface area contributed by atoms with Crippen LogP contribution in [0.4, 0.5) is 5.13 Å². The number of nitrogens with zero attached hydrogens (tertiary/aromatic N) is 2. The zero-order chi connectivity index (χ0) is 10.1. The standard InChI is InChI=1S/C10H16N2OS/c1-3-8-4-12(5-9(8)13)10-11-7(2)6-14-10/h6,8-9,13H,3-5H2,1-2H3. The summed E-state index contributed by atoms with van der Waals surface area (Å²) in [6.07, 6.45) is 0.867. The Morgan fingerprint density at radius 2 is 2.43 bits per heavy atom. The monoisotopic (exact) mass is 212 g/mol. The van der Waals surface area contributed by atoms with Gasteiger partial charge in [0, 0.05) is 24.4 Å². The normalized spacial score (nSPS) is 27.2. The lowest BCUT2D eigenvalue weighted by molar-refractivity contribution is 0.146. The van der Waals surface area contributed by atoms with Crippen LogP contribution in [0.2, 0.25) is 0 Å². The molecule has 2 rings (SSSR count). The lowest BCUT2D eigenvalue weighted by atomic mass is 10.0. The maximum absolute atomic E-state index is 9.76. The molecule has 2 unspecified atom stereocenters. The Morgan fingerprint density at radius 3 is 2.93 bits per heavy atom. The summed E-state index contributed by atoms with van der Waals surface area (Å²) in [4.78, 5) is 6.62.